The monoisotopic (exact) mass is 421 g/mol. The largest absolute Gasteiger partial charge is 0.466 e. The average molecular weight is 422 g/mol. The first kappa shape index (κ1) is 21.6. The number of nitrogens with zero attached hydrogens (tertiary/aromatic N) is 1. The highest BCUT2D eigenvalue weighted by Gasteiger charge is 2.13. The van der Waals surface area contributed by atoms with Crippen LogP contribution < -0.4 is 0 Å². The van der Waals surface area contributed by atoms with Crippen molar-refractivity contribution in [3.63, 3.8) is 0 Å². The smallest absolute Gasteiger partial charge is 0.310 e. The second kappa shape index (κ2) is 10.6. The topological polar surface area (TPSA) is 66.8 Å². The maximum atomic E-state index is 12.2. The molecular weight excluding hydrogens is 398 g/mol. The van der Waals surface area contributed by atoms with Gasteiger partial charge in [-0.3, -0.25) is 14.8 Å². The van der Waals surface area contributed by atoms with Gasteiger partial charge in [0.15, 0.2) is 0 Å². The molecule has 0 unspecified atom stereocenters. The summed E-state index contributed by atoms with van der Waals surface area (Å²) in [7, 11) is 0. The summed E-state index contributed by atoms with van der Waals surface area (Å²) in [4.78, 5) is 25.9. The van der Waals surface area contributed by atoms with Crippen molar-refractivity contribution in [2.75, 3.05) is 6.61 Å². The molecule has 30 heavy (non-hydrogen) atoms. The first-order valence-corrected chi connectivity index (χ1v) is 10.4. The Morgan fingerprint density at radius 1 is 0.867 bits per heavy atom. The van der Waals surface area contributed by atoms with Crippen LogP contribution in [-0.2, 0) is 22.5 Å². The summed E-state index contributed by atoms with van der Waals surface area (Å²) in [6.45, 7) is 2.29. The molecular formula is C24H23NO4S. The molecule has 0 radical (unpaired) electrons. The van der Waals surface area contributed by atoms with Crippen LogP contribution in [0.15, 0.2) is 88.7 Å². The predicted molar refractivity (Wildman–Crippen MR) is 115 cm³/mol. The number of hydrogen-bond acceptors (Lipinski definition) is 5. The molecule has 0 fully saturated rings. The van der Waals surface area contributed by atoms with E-state index in [1.54, 1.807) is 43.0 Å². The number of esters is 1. The fourth-order valence-corrected chi connectivity index (χ4v) is 3.64. The molecule has 154 valence electrons. The minimum atomic E-state index is -0.433. The minimum Gasteiger partial charge on any atom is -0.466 e. The molecule has 0 aromatic heterocycles. The van der Waals surface area contributed by atoms with Gasteiger partial charge >= 0.3 is 5.97 Å². The van der Waals surface area contributed by atoms with Gasteiger partial charge in [-0.1, -0.05) is 54.2 Å². The molecule has 6 heteroatoms. The fourth-order valence-electron chi connectivity index (χ4n) is 2.83. The van der Waals surface area contributed by atoms with Crippen LogP contribution in [0.3, 0.4) is 0 Å². The zero-order valence-electron chi connectivity index (χ0n) is 16.7. The number of benzene rings is 3. The normalized spacial score (nSPS) is 10.5. The maximum absolute atomic E-state index is 12.2. The Morgan fingerprint density at radius 2 is 1.43 bits per heavy atom. The van der Waals surface area contributed by atoms with Gasteiger partial charge in [0.1, 0.15) is 0 Å². The van der Waals surface area contributed by atoms with E-state index in [9.17, 15) is 14.8 Å². The Kier molecular flexibility index (Phi) is 7.65. The van der Waals surface area contributed by atoms with Crippen LogP contribution in [0.25, 0.3) is 0 Å². The van der Waals surface area contributed by atoms with Gasteiger partial charge in [-0.25, -0.2) is 5.06 Å². The molecule has 0 aliphatic carbocycles. The number of amides is 1. The van der Waals surface area contributed by atoms with Crippen molar-refractivity contribution in [2.45, 2.75) is 29.7 Å². The highest BCUT2D eigenvalue weighted by Crippen LogP contribution is 2.28. The molecule has 0 aliphatic heterocycles. The number of hydroxylamine groups is 2. The zero-order valence-corrected chi connectivity index (χ0v) is 17.5. The molecule has 1 N–H and O–H groups in total. The molecule has 3 rings (SSSR count). The summed E-state index contributed by atoms with van der Waals surface area (Å²) in [5.74, 6) is -0.658. The van der Waals surface area contributed by atoms with E-state index in [0.717, 1.165) is 26.0 Å². The van der Waals surface area contributed by atoms with Crippen LogP contribution in [0, 0.1) is 0 Å². The lowest BCUT2D eigenvalue weighted by molar-refractivity contribution is -0.142. The van der Waals surface area contributed by atoms with E-state index in [0.29, 0.717) is 12.2 Å². The SMILES string of the molecule is CCOC(=O)Cc1ccc(Sc2ccc(CN(O)C(=O)c3ccccc3)cc2)cc1. The number of hydrogen-bond donors (Lipinski definition) is 1. The van der Waals surface area contributed by atoms with E-state index >= 15 is 0 Å². The van der Waals surface area contributed by atoms with E-state index in [4.69, 9.17) is 4.74 Å². The third-order valence-corrected chi connectivity index (χ3v) is 5.34. The lowest BCUT2D eigenvalue weighted by Gasteiger charge is -2.15. The predicted octanol–water partition coefficient (Wildman–Crippen LogP) is 4.98. The number of carbonyl (C=O) groups is 2. The Hall–Kier alpha value is -3.09. The highest BCUT2D eigenvalue weighted by atomic mass is 32.2. The van der Waals surface area contributed by atoms with Crippen molar-refractivity contribution in [1.82, 2.24) is 5.06 Å². The van der Waals surface area contributed by atoms with Gasteiger partial charge in [-0.2, -0.15) is 0 Å². The van der Waals surface area contributed by atoms with Crippen molar-refractivity contribution in [2.24, 2.45) is 0 Å². The van der Waals surface area contributed by atoms with E-state index in [1.165, 1.54) is 0 Å². The maximum Gasteiger partial charge on any atom is 0.310 e. The summed E-state index contributed by atoms with van der Waals surface area (Å²) >= 11 is 1.60. The van der Waals surface area contributed by atoms with Crippen molar-refractivity contribution in [3.05, 3.63) is 95.6 Å². The van der Waals surface area contributed by atoms with Crippen molar-refractivity contribution < 1.29 is 19.5 Å². The molecule has 3 aromatic rings. The number of ether oxygens (including phenoxy) is 1. The average Bonchev–Trinajstić information content (AvgIpc) is 2.76. The summed E-state index contributed by atoms with van der Waals surface area (Å²) in [5, 5.41) is 10.8. The Bertz CT molecular complexity index is 972. The molecule has 0 saturated carbocycles. The van der Waals surface area contributed by atoms with Gasteiger partial charge in [0.25, 0.3) is 5.91 Å². The van der Waals surface area contributed by atoms with Gasteiger partial charge in [-0.15, -0.1) is 0 Å². The summed E-state index contributed by atoms with van der Waals surface area (Å²) in [6.07, 6.45) is 0.271. The van der Waals surface area contributed by atoms with E-state index < -0.39 is 5.91 Å². The lowest BCUT2D eigenvalue weighted by Crippen LogP contribution is -2.26. The first-order chi connectivity index (χ1) is 14.5. The summed E-state index contributed by atoms with van der Waals surface area (Å²) < 4.78 is 4.96. The Labute approximate surface area is 180 Å². The quantitative estimate of drug-likeness (QED) is 0.316. The number of carbonyl (C=O) groups excluding carboxylic acids is 2. The van der Waals surface area contributed by atoms with Crippen LogP contribution in [0.5, 0.6) is 0 Å². The van der Waals surface area contributed by atoms with Crippen molar-refractivity contribution in [1.29, 1.82) is 0 Å². The highest BCUT2D eigenvalue weighted by molar-refractivity contribution is 7.99. The third kappa shape index (κ3) is 6.20. The molecule has 3 aromatic carbocycles. The fraction of sp³-hybridized carbons (Fsp3) is 0.167. The molecule has 5 nitrogen and oxygen atoms in total. The first-order valence-electron chi connectivity index (χ1n) is 9.62. The van der Waals surface area contributed by atoms with Crippen LogP contribution in [-0.4, -0.2) is 28.8 Å². The standard InChI is InChI=1S/C24H23NO4S/c1-2-29-23(26)16-18-8-12-21(13-9-18)30-22-14-10-19(11-15-22)17-25(28)24(27)20-6-4-3-5-7-20/h3-15,28H,2,16-17H2,1H3. The van der Waals surface area contributed by atoms with Gasteiger partial charge in [0, 0.05) is 15.4 Å². The summed E-state index contributed by atoms with van der Waals surface area (Å²) in [6, 6.07) is 24.2. The van der Waals surface area contributed by atoms with Gasteiger partial charge in [0.2, 0.25) is 0 Å². The summed E-state index contributed by atoms with van der Waals surface area (Å²) in [5.41, 5.74) is 2.19. The van der Waals surface area contributed by atoms with Crippen LogP contribution in [0.1, 0.15) is 28.4 Å². The Balaban J connectivity index is 1.55. The van der Waals surface area contributed by atoms with Crippen molar-refractivity contribution >= 4 is 23.6 Å². The second-order valence-corrected chi connectivity index (χ2v) is 7.75. The van der Waals surface area contributed by atoms with E-state index in [2.05, 4.69) is 0 Å². The zero-order chi connectivity index (χ0) is 21.3. The minimum absolute atomic E-state index is 0.112. The van der Waals surface area contributed by atoms with Crippen molar-refractivity contribution in [3.8, 4) is 0 Å². The number of rotatable bonds is 8. The molecule has 0 spiro atoms. The third-order valence-electron chi connectivity index (χ3n) is 4.32. The molecule has 1 amide bonds. The molecule has 0 heterocycles. The Morgan fingerprint density at radius 3 is 2.00 bits per heavy atom. The van der Waals surface area contributed by atoms with Gasteiger partial charge < -0.3 is 4.74 Å². The van der Waals surface area contributed by atoms with Crippen LogP contribution >= 0.6 is 11.8 Å². The second-order valence-electron chi connectivity index (χ2n) is 6.60. The van der Waals surface area contributed by atoms with Gasteiger partial charge in [-0.05, 0) is 54.4 Å². The molecule has 0 saturated heterocycles. The van der Waals surface area contributed by atoms with Crippen LogP contribution in [0.2, 0.25) is 0 Å². The lowest BCUT2D eigenvalue weighted by atomic mass is 10.1. The van der Waals surface area contributed by atoms with E-state index in [-0.39, 0.29) is 18.9 Å². The molecule has 0 bridgehead atoms. The van der Waals surface area contributed by atoms with Crippen LogP contribution in [0.4, 0.5) is 0 Å². The molecule has 0 aliphatic rings. The molecule has 0 atom stereocenters. The van der Waals surface area contributed by atoms with E-state index in [1.807, 2.05) is 54.6 Å². The van der Waals surface area contributed by atoms with Gasteiger partial charge in [0.05, 0.1) is 19.6 Å².